The van der Waals surface area contributed by atoms with Crippen LogP contribution in [0.1, 0.15) is 26.2 Å². The van der Waals surface area contributed by atoms with E-state index in [2.05, 4.69) is 15.9 Å². The Balaban J connectivity index is 2.22. The molecule has 4 nitrogen and oxygen atoms in total. The summed E-state index contributed by atoms with van der Waals surface area (Å²) in [6.07, 6.45) is 2.19. The molecule has 1 aliphatic heterocycles. The van der Waals surface area contributed by atoms with Crippen LogP contribution in [-0.2, 0) is 9.84 Å². The van der Waals surface area contributed by atoms with Gasteiger partial charge in [-0.3, -0.25) is 0 Å². The summed E-state index contributed by atoms with van der Waals surface area (Å²) in [5, 5.41) is 0. The van der Waals surface area contributed by atoms with Gasteiger partial charge in [-0.15, -0.1) is 0 Å². The zero-order valence-corrected chi connectivity index (χ0v) is 17.8. The lowest BCUT2D eigenvalue weighted by Crippen LogP contribution is -2.31. The summed E-state index contributed by atoms with van der Waals surface area (Å²) in [5.74, 6) is -0.239. The number of benzene rings is 2. The van der Waals surface area contributed by atoms with Crippen molar-refractivity contribution in [2.45, 2.75) is 36.6 Å². The number of sulfone groups is 1. The second-order valence-electron chi connectivity index (χ2n) is 6.70. The SMILES string of the molecule is CCCCC1CN(c2ccccc2)c2cc(Br)c(OC)cc2S(=O)(=O)C1F. The summed E-state index contributed by atoms with van der Waals surface area (Å²) in [7, 11) is -2.68. The highest BCUT2D eigenvalue weighted by molar-refractivity contribution is 9.10. The Labute approximate surface area is 168 Å². The van der Waals surface area contributed by atoms with Crippen molar-refractivity contribution in [3.05, 3.63) is 46.9 Å². The van der Waals surface area contributed by atoms with Gasteiger partial charge in [0, 0.05) is 24.2 Å². The van der Waals surface area contributed by atoms with E-state index in [0.717, 1.165) is 18.5 Å². The predicted molar refractivity (Wildman–Crippen MR) is 109 cm³/mol. The van der Waals surface area contributed by atoms with Gasteiger partial charge < -0.3 is 9.64 Å². The summed E-state index contributed by atoms with van der Waals surface area (Å²) in [4.78, 5) is 1.87. The quantitative estimate of drug-likeness (QED) is 0.598. The molecule has 0 saturated heterocycles. The molecule has 0 spiro atoms. The largest absolute Gasteiger partial charge is 0.496 e. The number of rotatable bonds is 5. The zero-order chi connectivity index (χ0) is 19.6. The van der Waals surface area contributed by atoms with Crippen LogP contribution in [0.25, 0.3) is 0 Å². The van der Waals surface area contributed by atoms with Gasteiger partial charge in [-0.25, -0.2) is 12.8 Å². The number of hydrogen-bond donors (Lipinski definition) is 0. The lowest BCUT2D eigenvalue weighted by atomic mass is 10.0. The van der Waals surface area contributed by atoms with Crippen molar-refractivity contribution in [2.75, 3.05) is 18.6 Å². The molecule has 2 atom stereocenters. The second-order valence-corrected chi connectivity index (χ2v) is 9.53. The van der Waals surface area contributed by atoms with E-state index < -0.39 is 21.3 Å². The molecule has 2 aromatic carbocycles. The molecule has 0 radical (unpaired) electrons. The van der Waals surface area contributed by atoms with E-state index in [1.807, 2.05) is 42.2 Å². The molecule has 3 rings (SSSR count). The number of nitrogens with zero attached hydrogens (tertiary/aromatic N) is 1. The lowest BCUT2D eigenvalue weighted by Gasteiger charge is -2.28. The van der Waals surface area contributed by atoms with E-state index >= 15 is 4.39 Å². The maximum Gasteiger partial charge on any atom is 0.212 e. The van der Waals surface area contributed by atoms with Crippen LogP contribution < -0.4 is 9.64 Å². The molecule has 1 aliphatic rings. The molecule has 27 heavy (non-hydrogen) atoms. The third kappa shape index (κ3) is 3.85. The number of ether oxygens (including phenoxy) is 1. The molecule has 0 aliphatic carbocycles. The molecule has 0 bridgehead atoms. The fourth-order valence-corrected chi connectivity index (χ4v) is 5.65. The monoisotopic (exact) mass is 455 g/mol. The van der Waals surface area contributed by atoms with Gasteiger partial charge in [-0.05, 0) is 40.5 Å². The van der Waals surface area contributed by atoms with Crippen LogP contribution in [0.3, 0.4) is 0 Å². The molecule has 1 heterocycles. The van der Waals surface area contributed by atoms with Crippen molar-refractivity contribution >= 4 is 37.1 Å². The molecule has 0 N–H and O–H groups in total. The fourth-order valence-electron chi connectivity index (χ4n) is 3.45. The molecule has 146 valence electrons. The number of para-hydroxylation sites is 1. The first-order valence-corrected chi connectivity index (χ1v) is 11.3. The molecule has 0 amide bonds. The van der Waals surface area contributed by atoms with Crippen LogP contribution in [0.5, 0.6) is 5.75 Å². The summed E-state index contributed by atoms with van der Waals surface area (Å²) >= 11 is 3.43. The standard InChI is InChI=1S/C20H23BrFNO3S/c1-3-4-8-14-13-23(15-9-6-5-7-10-15)17-11-16(21)18(26-2)12-19(17)27(24,25)20(14)22/h5-7,9-12,14,20H,3-4,8,13H2,1-2H3. The Bertz CT molecular complexity index is 905. The zero-order valence-electron chi connectivity index (χ0n) is 15.4. The average Bonchev–Trinajstić information content (AvgIpc) is 2.74. The van der Waals surface area contributed by atoms with E-state index in [9.17, 15) is 8.42 Å². The summed E-state index contributed by atoms with van der Waals surface area (Å²) in [6, 6.07) is 12.6. The molecular formula is C20H23BrFNO3S. The van der Waals surface area contributed by atoms with Crippen molar-refractivity contribution in [2.24, 2.45) is 5.92 Å². The van der Waals surface area contributed by atoms with Gasteiger partial charge in [0.25, 0.3) is 0 Å². The minimum Gasteiger partial charge on any atom is -0.496 e. The highest BCUT2D eigenvalue weighted by Crippen LogP contribution is 2.44. The number of anilines is 2. The summed E-state index contributed by atoms with van der Waals surface area (Å²) in [5.41, 5.74) is -0.639. The maximum absolute atomic E-state index is 15.2. The first-order valence-electron chi connectivity index (χ1n) is 8.98. The first-order chi connectivity index (χ1) is 12.9. The van der Waals surface area contributed by atoms with Gasteiger partial charge >= 0.3 is 0 Å². The minimum atomic E-state index is -4.14. The molecule has 0 fully saturated rings. The Morgan fingerprint density at radius 1 is 1.26 bits per heavy atom. The Morgan fingerprint density at radius 2 is 1.96 bits per heavy atom. The molecule has 0 aromatic heterocycles. The number of hydrogen-bond acceptors (Lipinski definition) is 4. The van der Waals surface area contributed by atoms with Crippen LogP contribution in [0.2, 0.25) is 0 Å². The highest BCUT2D eigenvalue weighted by atomic mass is 79.9. The third-order valence-electron chi connectivity index (χ3n) is 4.91. The summed E-state index contributed by atoms with van der Waals surface area (Å²) < 4.78 is 47.3. The highest BCUT2D eigenvalue weighted by Gasteiger charge is 2.42. The number of unbranched alkanes of at least 4 members (excludes halogenated alkanes) is 1. The topological polar surface area (TPSA) is 46.6 Å². The van der Waals surface area contributed by atoms with Crippen molar-refractivity contribution in [3.8, 4) is 5.75 Å². The third-order valence-corrected chi connectivity index (χ3v) is 7.45. The van der Waals surface area contributed by atoms with E-state index in [4.69, 9.17) is 4.74 Å². The van der Waals surface area contributed by atoms with Crippen molar-refractivity contribution < 1.29 is 17.5 Å². The predicted octanol–water partition coefficient (Wildman–Crippen LogP) is 5.49. The van der Waals surface area contributed by atoms with Crippen LogP contribution in [0.4, 0.5) is 15.8 Å². The maximum atomic E-state index is 15.2. The number of halogens is 2. The fraction of sp³-hybridized carbons (Fsp3) is 0.400. The smallest absolute Gasteiger partial charge is 0.212 e. The molecule has 0 saturated carbocycles. The van der Waals surface area contributed by atoms with E-state index in [1.165, 1.54) is 13.2 Å². The van der Waals surface area contributed by atoms with Gasteiger partial charge in [0.2, 0.25) is 15.3 Å². The lowest BCUT2D eigenvalue weighted by molar-refractivity contribution is 0.294. The van der Waals surface area contributed by atoms with Crippen LogP contribution in [0.15, 0.2) is 51.8 Å². The second kappa shape index (κ2) is 8.19. The van der Waals surface area contributed by atoms with Gasteiger partial charge in [0.15, 0.2) is 0 Å². The van der Waals surface area contributed by atoms with Crippen molar-refractivity contribution in [3.63, 3.8) is 0 Å². The molecule has 2 unspecified atom stereocenters. The van der Waals surface area contributed by atoms with Crippen LogP contribution in [-0.4, -0.2) is 27.6 Å². The van der Waals surface area contributed by atoms with Crippen molar-refractivity contribution in [1.29, 1.82) is 0 Å². The molecule has 2 aromatic rings. The number of alkyl halides is 1. The molecular weight excluding hydrogens is 433 g/mol. The van der Waals surface area contributed by atoms with Gasteiger partial charge in [0.05, 0.1) is 22.2 Å². The van der Waals surface area contributed by atoms with Gasteiger partial charge in [0.1, 0.15) is 5.75 Å². The van der Waals surface area contributed by atoms with E-state index in [0.29, 0.717) is 28.9 Å². The number of methoxy groups -OCH3 is 1. The number of fused-ring (bicyclic) bond motifs is 1. The van der Waals surface area contributed by atoms with Crippen LogP contribution >= 0.6 is 15.9 Å². The minimum absolute atomic E-state index is 0.0297. The average molecular weight is 456 g/mol. The Morgan fingerprint density at radius 3 is 2.59 bits per heavy atom. The molecule has 7 heteroatoms. The van der Waals surface area contributed by atoms with Crippen LogP contribution in [0, 0.1) is 5.92 Å². The van der Waals surface area contributed by atoms with E-state index in [-0.39, 0.29) is 4.90 Å². The Hall–Kier alpha value is -1.60. The Kier molecular flexibility index (Phi) is 6.11. The normalized spacial score (nSPS) is 21.4. The first kappa shape index (κ1) is 20.1. The van der Waals surface area contributed by atoms with Crippen molar-refractivity contribution in [1.82, 2.24) is 0 Å². The summed E-state index contributed by atoms with van der Waals surface area (Å²) in [6.45, 7) is 2.32. The van der Waals surface area contributed by atoms with Gasteiger partial charge in [-0.1, -0.05) is 38.0 Å². The van der Waals surface area contributed by atoms with E-state index in [1.54, 1.807) is 6.07 Å². The van der Waals surface area contributed by atoms with Gasteiger partial charge in [-0.2, -0.15) is 0 Å².